The molecule has 35 heavy (non-hydrogen) atoms. The van der Waals surface area contributed by atoms with Crippen LogP contribution in [0.4, 0.5) is 17.1 Å². The van der Waals surface area contributed by atoms with E-state index in [1.165, 1.54) is 11.8 Å². The van der Waals surface area contributed by atoms with E-state index >= 15 is 0 Å². The number of hydrogen-bond donors (Lipinski definition) is 3. The van der Waals surface area contributed by atoms with Crippen molar-refractivity contribution in [2.75, 3.05) is 22.6 Å². The molecule has 0 aliphatic heterocycles. The number of anilines is 3. The maximum Gasteiger partial charge on any atom is 0.338 e. The minimum absolute atomic E-state index is 0.122. The van der Waals surface area contributed by atoms with E-state index in [0.717, 1.165) is 29.1 Å². The molecule has 3 aromatic carbocycles. The Hall–Kier alpha value is -3.36. The molecule has 3 rings (SSSR count). The number of thiocarbonyl (C=S) groups is 1. The summed E-state index contributed by atoms with van der Waals surface area (Å²) in [5.41, 5.74) is 2.87. The Morgan fingerprint density at radius 3 is 2.06 bits per heavy atom. The molecule has 0 bridgehead atoms. The minimum Gasteiger partial charge on any atom is -0.462 e. The first-order valence-electron chi connectivity index (χ1n) is 11.4. The van der Waals surface area contributed by atoms with Gasteiger partial charge in [0.15, 0.2) is 5.11 Å². The molecule has 182 valence electrons. The number of carbonyl (C=O) groups is 2. The lowest BCUT2D eigenvalue weighted by Gasteiger charge is -2.14. The molecule has 1 amide bonds. The van der Waals surface area contributed by atoms with Crippen LogP contribution in [0.1, 0.15) is 37.0 Å². The monoisotopic (exact) mass is 507 g/mol. The first kappa shape index (κ1) is 26.2. The van der Waals surface area contributed by atoms with Crippen molar-refractivity contribution in [1.29, 1.82) is 0 Å². The van der Waals surface area contributed by atoms with Crippen molar-refractivity contribution in [3.8, 4) is 0 Å². The molecule has 1 unspecified atom stereocenters. The fourth-order valence-electron chi connectivity index (χ4n) is 3.02. The van der Waals surface area contributed by atoms with Crippen LogP contribution in [0.5, 0.6) is 0 Å². The number of carbonyl (C=O) groups excluding carboxylic acids is 2. The lowest BCUT2D eigenvalue weighted by atomic mass is 10.2. The van der Waals surface area contributed by atoms with Gasteiger partial charge in [0, 0.05) is 22.0 Å². The molecule has 0 saturated carbocycles. The summed E-state index contributed by atoms with van der Waals surface area (Å²) in [4.78, 5) is 25.6. The predicted octanol–water partition coefficient (Wildman–Crippen LogP) is 6.57. The standard InChI is InChI=1S/C27H29N3O3S2/c1-3-4-18-33-26(32)20-10-12-22(13-11-20)28-25(31)19(2)35-24-16-14-23(15-17-24)30-27(34)29-21-8-6-5-7-9-21/h5-17,19H,3-4,18H2,1-2H3,(H,28,31)(H2,29,30,34). The number of unbranched alkanes of at least 4 members (excludes halogenated alkanes) is 1. The topological polar surface area (TPSA) is 79.5 Å². The van der Waals surface area contributed by atoms with Crippen LogP contribution in [0, 0.1) is 0 Å². The van der Waals surface area contributed by atoms with Crippen LogP contribution in [-0.2, 0) is 9.53 Å². The summed E-state index contributed by atoms with van der Waals surface area (Å²) in [7, 11) is 0. The third kappa shape index (κ3) is 8.73. The number of benzene rings is 3. The Bertz CT molecular complexity index is 1120. The van der Waals surface area contributed by atoms with E-state index < -0.39 is 0 Å². The quantitative estimate of drug-likeness (QED) is 0.124. The van der Waals surface area contributed by atoms with Gasteiger partial charge < -0.3 is 20.7 Å². The summed E-state index contributed by atoms with van der Waals surface area (Å²) in [6.07, 6.45) is 1.81. The van der Waals surface area contributed by atoms with Gasteiger partial charge in [0.05, 0.1) is 17.4 Å². The number of thioether (sulfide) groups is 1. The molecule has 6 nitrogen and oxygen atoms in total. The van der Waals surface area contributed by atoms with Crippen LogP contribution in [0.15, 0.2) is 83.8 Å². The first-order valence-corrected chi connectivity index (χ1v) is 12.7. The van der Waals surface area contributed by atoms with E-state index in [0.29, 0.717) is 23.0 Å². The molecular formula is C27H29N3O3S2. The predicted molar refractivity (Wildman–Crippen MR) is 148 cm³/mol. The Morgan fingerprint density at radius 1 is 0.857 bits per heavy atom. The maximum atomic E-state index is 12.6. The number of ether oxygens (including phenoxy) is 1. The summed E-state index contributed by atoms with van der Waals surface area (Å²) >= 11 is 6.82. The number of hydrogen-bond acceptors (Lipinski definition) is 5. The highest BCUT2D eigenvalue weighted by Crippen LogP contribution is 2.26. The van der Waals surface area contributed by atoms with Crippen molar-refractivity contribution in [1.82, 2.24) is 0 Å². The zero-order valence-electron chi connectivity index (χ0n) is 19.7. The van der Waals surface area contributed by atoms with Crippen molar-refractivity contribution in [2.24, 2.45) is 0 Å². The highest BCUT2D eigenvalue weighted by Gasteiger charge is 2.15. The summed E-state index contributed by atoms with van der Waals surface area (Å²) in [6, 6.07) is 24.2. The Labute approximate surface area is 215 Å². The third-order valence-corrected chi connectivity index (χ3v) is 6.26. The van der Waals surface area contributed by atoms with Crippen LogP contribution in [0.2, 0.25) is 0 Å². The van der Waals surface area contributed by atoms with Crippen molar-refractivity contribution in [3.63, 3.8) is 0 Å². The van der Waals surface area contributed by atoms with Gasteiger partial charge in [-0.1, -0.05) is 31.5 Å². The molecule has 0 saturated heterocycles. The Kier molecular flexibility index (Phi) is 10.1. The van der Waals surface area contributed by atoms with Crippen LogP contribution in [-0.4, -0.2) is 28.8 Å². The van der Waals surface area contributed by atoms with Crippen molar-refractivity contribution >= 4 is 58.0 Å². The second kappa shape index (κ2) is 13.5. The maximum absolute atomic E-state index is 12.6. The smallest absolute Gasteiger partial charge is 0.338 e. The zero-order chi connectivity index (χ0) is 25.0. The van der Waals surface area contributed by atoms with Crippen LogP contribution >= 0.6 is 24.0 Å². The molecule has 1 atom stereocenters. The van der Waals surface area contributed by atoms with Gasteiger partial charge in [-0.3, -0.25) is 4.79 Å². The normalized spacial score (nSPS) is 11.3. The van der Waals surface area contributed by atoms with Gasteiger partial charge in [0.1, 0.15) is 0 Å². The fraction of sp³-hybridized carbons (Fsp3) is 0.222. The van der Waals surface area contributed by atoms with Gasteiger partial charge in [-0.2, -0.15) is 0 Å². The number of nitrogens with one attached hydrogen (secondary N) is 3. The van der Waals surface area contributed by atoms with E-state index in [9.17, 15) is 9.59 Å². The van der Waals surface area contributed by atoms with Crippen molar-refractivity contribution in [2.45, 2.75) is 36.8 Å². The van der Waals surface area contributed by atoms with E-state index in [4.69, 9.17) is 17.0 Å². The lowest BCUT2D eigenvalue weighted by Crippen LogP contribution is -2.22. The van der Waals surface area contributed by atoms with Crippen molar-refractivity contribution in [3.05, 3.63) is 84.4 Å². The van der Waals surface area contributed by atoms with Crippen LogP contribution in [0.25, 0.3) is 0 Å². The van der Waals surface area contributed by atoms with E-state index in [-0.39, 0.29) is 17.1 Å². The highest BCUT2D eigenvalue weighted by atomic mass is 32.2. The van der Waals surface area contributed by atoms with Gasteiger partial charge in [-0.05, 0) is 86.2 Å². The Morgan fingerprint density at radius 2 is 1.43 bits per heavy atom. The molecular weight excluding hydrogens is 478 g/mol. The molecule has 0 aromatic heterocycles. The molecule has 3 N–H and O–H groups in total. The molecule has 0 aliphatic rings. The molecule has 0 radical (unpaired) electrons. The van der Waals surface area contributed by atoms with Gasteiger partial charge in [-0.25, -0.2) is 4.79 Å². The van der Waals surface area contributed by atoms with Gasteiger partial charge in [-0.15, -0.1) is 11.8 Å². The molecule has 0 aliphatic carbocycles. The molecule has 3 aromatic rings. The second-order valence-corrected chi connectivity index (χ2v) is 9.61. The van der Waals surface area contributed by atoms with E-state index in [2.05, 4.69) is 16.0 Å². The SMILES string of the molecule is CCCCOC(=O)c1ccc(NC(=O)C(C)Sc2ccc(NC(=S)Nc3ccccc3)cc2)cc1. The molecule has 0 heterocycles. The second-order valence-electron chi connectivity index (χ2n) is 7.79. The van der Waals surface area contributed by atoms with Crippen LogP contribution in [0.3, 0.4) is 0 Å². The molecule has 8 heteroatoms. The number of para-hydroxylation sites is 1. The number of amides is 1. The highest BCUT2D eigenvalue weighted by molar-refractivity contribution is 8.00. The average molecular weight is 508 g/mol. The summed E-state index contributed by atoms with van der Waals surface area (Å²) in [5.74, 6) is -0.474. The average Bonchev–Trinajstić information content (AvgIpc) is 2.86. The zero-order valence-corrected chi connectivity index (χ0v) is 21.4. The van der Waals surface area contributed by atoms with Crippen LogP contribution < -0.4 is 16.0 Å². The third-order valence-electron chi connectivity index (χ3n) is 4.95. The molecule has 0 spiro atoms. The number of esters is 1. The number of rotatable bonds is 10. The fourth-order valence-corrected chi connectivity index (χ4v) is 4.12. The first-order chi connectivity index (χ1) is 16.9. The van der Waals surface area contributed by atoms with E-state index in [1.807, 2.05) is 68.4 Å². The van der Waals surface area contributed by atoms with Gasteiger partial charge in [0.25, 0.3) is 0 Å². The minimum atomic E-state index is -0.352. The largest absolute Gasteiger partial charge is 0.462 e. The van der Waals surface area contributed by atoms with Gasteiger partial charge in [0.2, 0.25) is 5.91 Å². The van der Waals surface area contributed by atoms with Gasteiger partial charge >= 0.3 is 5.97 Å². The lowest BCUT2D eigenvalue weighted by molar-refractivity contribution is -0.115. The summed E-state index contributed by atoms with van der Waals surface area (Å²) < 4.78 is 5.21. The molecule has 0 fully saturated rings. The summed E-state index contributed by atoms with van der Waals surface area (Å²) in [6.45, 7) is 4.31. The van der Waals surface area contributed by atoms with Crippen molar-refractivity contribution < 1.29 is 14.3 Å². The van der Waals surface area contributed by atoms with E-state index in [1.54, 1.807) is 24.3 Å². The summed E-state index contributed by atoms with van der Waals surface area (Å²) in [5, 5.41) is 9.37. The Balaban J connectivity index is 1.46.